The van der Waals surface area contributed by atoms with Gasteiger partial charge in [-0.25, -0.2) is 14.4 Å². The Hall–Kier alpha value is -4.15. The number of aliphatic hydroxyl groups excluding tert-OH is 5. The largest absolute Gasteiger partial charge is 0.445 e. The summed E-state index contributed by atoms with van der Waals surface area (Å²) in [6, 6.07) is 15.0. The van der Waals surface area contributed by atoms with Crippen molar-refractivity contribution in [2.75, 3.05) is 13.7 Å². The number of hydrogen-bond acceptors (Lipinski definition) is 16. The zero-order chi connectivity index (χ0) is 41.1. The van der Waals surface area contributed by atoms with Crippen LogP contribution in [-0.2, 0) is 51.1 Å². The van der Waals surface area contributed by atoms with Crippen molar-refractivity contribution in [3.63, 3.8) is 0 Å². The molecule has 5 fully saturated rings. The lowest BCUT2D eigenvalue weighted by molar-refractivity contribution is -0.373. The average Bonchev–Trinajstić information content (AvgIpc) is 3.52. The van der Waals surface area contributed by atoms with Gasteiger partial charge in [0.1, 0.15) is 55.9 Å². The van der Waals surface area contributed by atoms with E-state index in [4.69, 9.17) is 37.9 Å². The molecule has 2 aromatic rings. The molecule has 0 bridgehead atoms. The van der Waals surface area contributed by atoms with Gasteiger partial charge in [-0.3, -0.25) is 4.90 Å². The summed E-state index contributed by atoms with van der Waals surface area (Å²) in [4.78, 5) is 40.2. The van der Waals surface area contributed by atoms with E-state index in [1.165, 1.54) is 11.9 Å². The van der Waals surface area contributed by atoms with Crippen LogP contribution in [0.25, 0.3) is 0 Å². The molecular formula is C39H51N3O16. The minimum atomic E-state index is -1.66. The van der Waals surface area contributed by atoms with Crippen LogP contribution in [-0.4, -0.2) is 154 Å². The first-order valence-electron chi connectivity index (χ1n) is 19.4. The quantitative estimate of drug-likeness (QED) is 0.150. The lowest BCUT2D eigenvalue weighted by atomic mass is 9.83. The number of benzene rings is 2. The zero-order valence-corrected chi connectivity index (χ0v) is 31.9. The molecule has 0 spiro atoms. The second-order valence-electron chi connectivity index (χ2n) is 15.3. The highest BCUT2D eigenvalue weighted by atomic mass is 16.8. The van der Waals surface area contributed by atoms with Gasteiger partial charge in [-0.1, -0.05) is 67.6 Å². The smallest absolute Gasteiger partial charge is 0.410 e. The van der Waals surface area contributed by atoms with Gasteiger partial charge < -0.3 is 74.1 Å². The van der Waals surface area contributed by atoms with Gasteiger partial charge in [0.25, 0.3) is 0 Å². The van der Waals surface area contributed by atoms with Crippen LogP contribution >= 0.6 is 0 Å². The molecule has 16 atom stereocenters. The zero-order valence-electron chi connectivity index (χ0n) is 31.9. The number of carbonyl (C=O) groups excluding carboxylic acids is 3. The fourth-order valence-corrected chi connectivity index (χ4v) is 8.10. The number of likely N-dealkylation sites (N-methyl/N-ethyl adjacent to an activating group) is 1. The summed E-state index contributed by atoms with van der Waals surface area (Å²) in [5.74, 6) is -0.447. The molecule has 4 heterocycles. The predicted octanol–water partition coefficient (Wildman–Crippen LogP) is 0.228. The summed E-state index contributed by atoms with van der Waals surface area (Å²) in [7, 11) is 1.49. The topological polar surface area (TPSA) is 253 Å². The van der Waals surface area contributed by atoms with Crippen LogP contribution < -0.4 is 10.6 Å². The van der Waals surface area contributed by atoms with E-state index in [1.807, 2.05) is 12.1 Å². The second-order valence-corrected chi connectivity index (χ2v) is 15.3. The number of nitrogens with one attached hydrogen (secondary N) is 2. The Morgan fingerprint density at radius 2 is 1.36 bits per heavy atom. The molecule has 7 rings (SSSR count). The van der Waals surface area contributed by atoms with E-state index in [-0.39, 0.29) is 32.5 Å². The summed E-state index contributed by atoms with van der Waals surface area (Å²) < 4.78 is 47.5. The van der Waals surface area contributed by atoms with Crippen molar-refractivity contribution in [3.05, 3.63) is 71.8 Å². The van der Waals surface area contributed by atoms with E-state index >= 15 is 0 Å². The Morgan fingerprint density at radius 3 is 1.98 bits per heavy atom. The molecule has 318 valence electrons. The average molecular weight is 818 g/mol. The highest BCUT2D eigenvalue weighted by Crippen LogP contribution is 2.42. The van der Waals surface area contributed by atoms with Crippen LogP contribution in [0, 0.1) is 5.92 Å². The van der Waals surface area contributed by atoms with E-state index in [9.17, 15) is 39.9 Å². The molecule has 9 unspecified atom stereocenters. The first-order valence-corrected chi connectivity index (χ1v) is 19.4. The third-order valence-electron chi connectivity index (χ3n) is 11.3. The monoisotopic (exact) mass is 817 g/mol. The van der Waals surface area contributed by atoms with Gasteiger partial charge in [-0.05, 0) is 24.0 Å². The maximum Gasteiger partial charge on any atom is 0.410 e. The summed E-state index contributed by atoms with van der Waals surface area (Å²) in [5, 5.41) is 58.6. The van der Waals surface area contributed by atoms with E-state index in [0.29, 0.717) is 0 Å². The molecule has 7 N–H and O–H groups in total. The Bertz CT molecular complexity index is 1700. The van der Waals surface area contributed by atoms with Crippen LogP contribution in [0.3, 0.4) is 0 Å². The van der Waals surface area contributed by atoms with Crippen LogP contribution in [0.5, 0.6) is 0 Å². The molecule has 19 nitrogen and oxygen atoms in total. The molecule has 1 saturated carbocycles. The lowest BCUT2D eigenvalue weighted by Gasteiger charge is -2.51. The van der Waals surface area contributed by atoms with E-state index in [2.05, 4.69) is 10.6 Å². The summed E-state index contributed by atoms with van der Waals surface area (Å²) in [6.45, 7) is 1.20. The third-order valence-corrected chi connectivity index (χ3v) is 11.3. The molecule has 1 aliphatic carbocycles. The Morgan fingerprint density at radius 1 is 0.741 bits per heavy atom. The fourth-order valence-electron chi connectivity index (χ4n) is 8.10. The van der Waals surface area contributed by atoms with Crippen molar-refractivity contribution in [2.45, 2.75) is 131 Å². The molecule has 0 radical (unpaired) electrons. The summed E-state index contributed by atoms with van der Waals surface area (Å²) in [5.41, 5.74) is 1.48. The second kappa shape index (κ2) is 18.4. The van der Waals surface area contributed by atoms with Gasteiger partial charge in [0.2, 0.25) is 0 Å². The highest BCUT2D eigenvalue weighted by molar-refractivity contribution is 5.71. The van der Waals surface area contributed by atoms with Gasteiger partial charge in [0.05, 0.1) is 30.9 Å². The molecule has 19 heteroatoms. The minimum absolute atomic E-state index is 0.0372. The van der Waals surface area contributed by atoms with Crippen molar-refractivity contribution < 1.29 is 77.8 Å². The molecule has 0 aromatic heterocycles. The molecule has 3 amide bonds. The van der Waals surface area contributed by atoms with Crippen molar-refractivity contribution in [2.24, 2.45) is 5.92 Å². The highest BCUT2D eigenvalue weighted by Gasteiger charge is 2.60. The number of rotatable bonds is 11. The number of carbonyl (C=O) groups is 3. The molecule has 58 heavy (non-hydrogen) atoms. The molecule has 4 aliphatic heterocycles. The van der Waals surface area contributed by atoms with Crippen LogP contribution in [0.1, 0.15) is 37.3 Å². The van der Waals surface area contributed by atoms with Crippen molar-refractivity contribution in [3.8, 4) is 0 Å². The summed E-state index contributed by atoms with van der Waals surface area (Å²) >= 11 is 0. The maximum absolute atomic E-state index is 13.2. The number of hydrogen-bond donors (Lipinski definition) is 7. The van der Waals surface area contributed by atoms with Gasteiger partial charge >= 0.3 is 18.3 Å². The Kier molecular flexibility index (Phi) is 13.3. The van der Waals surface area contributed by atoms with Gasteiger partial charge in [0.15, 0.2) is 25.0 Å². The first-order chi connectivity index (χ1) is 27.9. The van der Waals surface area contributed by atoms with E-state index < -0.39 is 123 Å². The third kappa shape index (κ3) is 9.33. The Labute approximate surface area is 334 Å². The number of amides is 3. The fraction of sp³-hybridized carbons (Fsp3) is 0.615. The summed E-state index contributed by atoms with van der Waals surface area (Å²) in [6.07, 6.45) is -16.4. The lowest BCUT2D eigenvalue weighted by Crippen LogP contribution is -2.67. The Balaban J connectivity index is 1.05. The number of ether oxygens (including phenoxy) is 8. The molecule has 4 saturated heterocycles. The standard InChI is InChI=1S/C39H51N3O16/c1-19-13-26-32(33-28(42(2)39(50)57-33)36(53-26)58-35-25(45)15-24(44)27(16-43)54-35)56-34(19)55-31-23(41-38(49)52-18-21-11-7-4-8-12-21)14-22(29(46)30(31)47)40-37(48)51-17-20-9-5-3-6-10-20/h3-12,19,22-36,43-47H,13-18H2,1-2H3,(H,40,48)(H,41,49)/t19?,22-,23?,24+,25?,26+,27?,28?,29?,30-,31-,32?,33?,34+,35-,36?/m1/s1. The van der Waals surface area contributed by atoms with Crippen molar-refractivity contribution >= 4 is 18.3 Å². The van der Waals surface area contributed by atoms with E-state index in [0.717, 1.165) is 11.1 Å². The minimum Gasteiger partial charge on any atom is -0.445 e. The molecule has 5 aliphatic rings. The predicted molar refractivity (Wildman–Crippen MR) is 195 cm³/mol. The van der Waals surface area contributed by atoms with Crippen molar-refractivity contribution in [1.82, 2.24) is 15.5 Å². The van der Waals surface area contributed by atoms with Gasteiger partial charge in [-0.2, -0.15) is 0 Å². The van der Waals surface area contributed by atoms with Crippen LogP contribution in [0.15, 0.2) is 60.7 Å². The van der Waals surface area contributed by atoms with Crippen LogP contribution in [0.4, 0.5) is 14.4 Å². The van der Waals surface area contributed by atoms with Gasteiger partial charge in [-0.15, -0.1) is 0 Å². The van der Waals surface area contributed by atoms with E-state index in [1.54, 1.807) is 55.5 Å². The number of nitrogens with zero attached hydrogens (tertiary/aromatic N) is 1. The van der Waals surface area contributed by atoms with Gasteiger partial charge in [0, 0.05) is 19.4 Å². The number of aliphatic hydroxyl groups is 5. The number of fused-ring (bicyclic) bond motifs is 3. The molecular weight excluding hydrogens is 766 g/mol. The SMILES string of the molecule is CC1C[C@@H]2OC(O[C@H]3OC(CO)[C@@H](O)CC3O)C3C(OC(=O)N3C)C2O[C@@H]1O[C@@H]1C(NC(=O)OCc2ccccc2)C[C@@H](NC(=O)OCc2ccccc2)C(O)[C@H]1O. The number of alkyl carbamates (subject to hydrolysis) is 2. The molecule has 2 aromatic carbocycles. The first kappa shape index (κ1) is 42.0. The van der Waals surface area contributed by atoms with Crippen LogP contribution in [0.2, 0.25) is 0 Å². The van der Waals surface area contributed by atoms with Crippen molar-refractivity contribution in [1.29, 1.82) is 0 Å². The maximum atomic E-state index is 13.2. The normalized spacial score (nSPS) is 38.5.